The predicted octanol–water partition coefficient (Wildman–Crippen LogP) is 2.26. The Morgan fingerprint density at radius 2 is 2.14 bits per heavy atom. The summed E-state index contributed by atoms with van der Waals surface area (Å²) in [5.41, 5.74) is 7.13. The van der Waals surface area contributed by atoms with E-state index in [-0.39, 0.29) is 12.5 Å². The molecule has 1 aromatic rings. The Morgan fingerprint density at radius 3 is 2.76 bits per heavy atom. The molecule has 0 aromatic heterocycles. The molecule has 4 nitrogen and oxygen atoms in total. The summed E-state index contributed by atoms with van der Waals surface area (Å²) in [6, 6.07) is 7.62. The Kier molecular flexibility index (Phi) is 5.23. The number of anilines is 1. The van der Waals surface area contributed by atoms with Crippen LogP contribution in [0.15, 0.2) is 24.3 Å². The molecule has 1 saturated carbocycles. The van der Waals surface area contributed by atoms with Gasteiger partial charge in [-0.1, -0.05) is 19.1 Å². The first-order chi connectivity index (χ1) is 10.0. The van der Waals surface area contributed by atoms with E-state index in [0.29, 0.717) is 18.8 Å². The van der Waals surface area contributed by atoms with Gasteiger partial charge in [0.15, 0.2) is 0 Å². The number of nitrogens with two attached hydrogens (primary N) is 1. The number of amides is 1. The van der Waals surface area contributed by atoms with Crippen LogP contribution in [0.1, 0.15) is 44.6 Å². The Bertz CT molecular complexity index is 479. The van der Waals surface area contributed by atoms with Gasteiger partial charge < -0.3 is 16.2 Å². The van der Waals surface area contributed by atoms with Crippen molar-refractivity contribution in [1.29, 1.82) is 0 Å². The van der Waals surface area contributed by atoms with E-state index < -0.39 is 5.54 Å². The van der Waals surface area contributed by atoms with Crippen molar-refractivity contribution in [3.63, 3.8) is 0 Å². The molecule has 0 heterocycles. The number of aryl methyl sites for hydroxylation is 1. The van der Waals surface area contributed by atoms with Crippen molar-refractivity contribution >= 4 is 11.6 Å². The third-order valence-corrected chi connectivity index (χ3v) is 4.53. The van der Waals surface area contributed by atoms with Gasteiger partial charge in [-0.15, -0.1) is 0 Å². The number of aliphatic hydroxyl groups excluding tert-OH is 1. The van der Waals surface area contributed by atoms with E-state index in [1.54, 1.807) is 0 Å². The van der Waals surface area contributed by atoms with Gasteiger partial charge in [0, 0.05) is 12.1 Å². The smallest absolute Gasteiger partial charge is 0.220 e. The van der Waals surface area contributed by atoms with E-state index >= 15 is 0 Å². The van der Waals surface area contributed by atoms with Crippen molar-refractivity contribution in [3.05, 3.63) is 29.8 Å². The number of carbonyl (C=O) groups is 1. The summed E-state index contributed by atoms with van der Waals surface area (Å²) in [5, 5.41) is 12.7. The third kappa shape index (κ3) is 4.46. The molecule has 4 heteroatoms. The van der Waals surface area contributed by atoms with Crippen LogP contribution in [-0.2, 0) is 11.2 Å². The second-order valence-electron chi connectivity index (χ2n) is 6.41. The van der Waals surface area contributed by atoms with Crippen molar-refractivity contribution in [2.24, 2.45) is 5.92 Å². The van der Waals surface area contributed by atoms with Gasteiger partial charge in [-0.25, -0.2) is 0 Å². The quantitative estimate of drug-likeness (QED) is 0.728. The average molecular weight is 290 g/mol. The molecule has 0 aliphatic heterocycles. The van der Waals surface area contributed by atoms with Gasteiger partial charge in [0.1, 0.15) is 0 Å². The second kappa shape index (κ2) is 6.94. The minimum Gasteiger partial charge on any atom is -0.399 e. The fourth-order valence-electron chi connectivity index (χ4n) is 3.00. The molecular weight excluding hydrogens is 264 g/mol. The van der Waals surface area contributed by atoms with Gasteiger partial charge in [-0.05, 0) is 55.7 Å². The van der Waals surface area contributed by atoms with Gasteiger partial charge in [0.05, 0.1) is 12.1 Å². The Balaban J connectivity index is 1.86. The molecule has 1 aromatic carbocycles. The van der Waals surface area contributed by atoms with Crippen LogP contribution in [-0.4, -0.2) is 23.2 Å². The maximum absolute atomic E-state index is 12.2. The highest BCUT2D eigenvalue weighted by atomic mass is 16.3. The molecule has 1 aliphatic carbocycles. The molecule has 2 rings (SSSR count). The Labute approximate surface area is 126 Å². The van der Waals surface area contributed by atoms with E-state index in [4.69, 9.17) is 5.73 Å². The van der Waals surface area contributed by atoms with Crippen LogP contribution in [0, 0.1) is 5.92 Å². The zero-order valence-corrected chi connectivity index (χ0v) is 12.8. The third-order valence-electron chi connectivity index (χ3n) is 4.53. The van der Waals surface area contributed by atoms with E-state index in [1.807, 2.05) is 24.3 Å². The molecule has 1 amide bonds. The molecule has 0 unspecified atom stereocenters. The number of nitrogen functional groups attached to an aromatic ring is 1. The zero-order valence-electron chi connectivity index (χ0n) is 12.8. The van der Waals surface area contributed by atoms with Crippen molar-refractivity contribution in [1.82, 2.24) is 5.32 Å². The van der Waals surface area contributed by atoms with Crippen molar-refractivity contribution in [2.75, 3.05) is 12.3 Å². The van der Waals surface area contributed by atoms with Crippen LogP contribution in [0.3, 0.4) is 0 Å². The lowest BCUT2D eigenvalue weighted by Gasteiger charge is -2.38. The summed E-state index contributed by atoms with van der Waals surface area (Å²) in [5.74, 6) is 0.704. The molecule has 1 fully saturated rings. The normalized spacial score (nSPS) is 25.5. The highest BCUT2D eigenvalue weighted by Crippen LogP contribution is 2.31. The molecule has 0 saturated heterocycles. The summed E-state index contributed by atoms with van der Waals surface area (Å²) in [6.45, 7) is 2.26. The minimum absolute atomic E-state index is 0.0148. The summed E-state index contributed by atoms with van der Waals surface area (Å²) < 4.78 is 0. The molecule has 0 spiro atoms. The molecule has 0 atom stereocenters. The van der Waals surface area contributed by atoms with Crippen LogP contribution < -0.4 is 11.1 Å². The Morgan fingerprint density at radius 1 is 1.43 bits per heavy atom. The number of benzene rings is 1. The molecule has 4 N–H and O–H groups in total. The SMILES string of the molecule is CC1CCC(CO)(NC(=O)CCc2cccc(N)c2)CC1. The first kappa shape index (κ1) is 15.8. The lowest BCUT2D eigenvalue weighted by molar-refractivity contribution is -0.124. The highest BCUT2D eigenvalue weighted by Gasteiger charge is 2.34. The first-order valence-corrected chi connectivity index (χ1v) is 7.79. The summed E-state index contributed by atoms with van der Waals surface area (Å²) in [6.07, 6.45) is 4.98. The monoisotopic (exact) mass is 290 g/mol. The number of hydrogen-bond acceptors (Lipinski definition) is 3. The van der Waals surface area contributed by atoms with E-state index in [1.165, 1.54) is 0 Å². The minimum atomic E-state index is -0.403. The maximum atomic E-state index is 12.2. The van der Waals surface area contributed by atoms with Crippen LogP contribution in [0.2, 0.25) is 0 Å². The lowest BCUT2D eigenvalue weighted by Crippen LogP contribution is -2.53. The number of hydrogen-bond donors (Lipinski definition) is 3. The molecule has 116 valence electrons. The van der Waals surface area contributed by atoms with E-state index in [2.05, 4.69) is 12.2 Å². The van der Waals surface area contributed by atoms with Gasteiger partial charge >= 0.3 is 0 Å². The molecule has 0 bridgehead atoms. The standard InChI is InChI=1S/C17H26N2O2/c1-13-7-9-17(12-20,10-8-13)19-16(21)6-5-14-3-2-4-15(18)11-14/h2-4,11,13,20H,5-10,12,18H2,1H3,(H,19,21). The van der Waals surface area contributed by atoms with Crippen molar-refractivity contribution in [3.8, 4) is 0 Å². The summed E-state index contributed by atoms with van der Waals surface area (Å²) >= 11 is 0. The van der Waals surface area contributed by atoms with Crippen molar-refractivity contribution in [2.45, 2.75) is 51.0 Å². The fourth-order valence-corrected chi connectivity index (χ4v) is 3.00. The van der Waals surface area contributed by atoms with Crippen LogP contribution in [0.5, 0.6) is 0 Å². The average Bonchev–Trinajstić information content (AvgIpc) is 2.48. The molecule has 21 heavy (non-hydrogen) atoms. The van der Waals surface area contributed by atoms with Gasteiger partial charge in [0.2, 0.25) is 5.91 Å². The zero-order chi connectivity index (χ0) is 15.3. The van der Waals surface area contributed by atoms with Gasteiger partial charge in [0.25, 0.3) is 0 Å². The predicted molar refractivity (Wildman–Crippen MR) is 84.8 cm³/mol. The number of carbonyl (C=O) groups excluding carboxylic acids is 1. The molecule has 1 aliphatic rings. The number of nitrogens with one attached hydrogen (secondary N) is 1. The highest BCUT2D eigenvalue weighted by molar-refractivity contribution is 5.77. The summed E-state index contributed by atoms with van der Waals surface area (Å²) in [4.78, 5) is 12.2. The maximum Gasteiger partial charge on any atom is 0.220 e. The van der Waals surface area contributed by atoms with E-state index in [9.17, 15) is 9.90 Å². The van der Waals surface area contributed by atoms with Crippen LogP contribution in [0.25, 0.3) is 0 Å². The molecular formula is C17H26N2O2. The van der Waals surface area contributed by atoms with Crippen LogP contribution in [0.4, 0.5) is 5.69 Å². The van der Waals surface area contributed by atoms with E-state index in [0.717, 1.165) is 36.9 Å². The van der Waals surface area contributed by atoms with Gasteiger partial charge in [-0.2, -0.15) is 0 Å². The van der Waals surface area contributed by atoms with Gasteiger partial charge in [-0.3, -0.25) is 4.79 Å². The molecule has 0 radical (unpaired) electrons. The largest absolute Gasteiger partial charge is 0.399 e. The Hall–Kier alpha value is -1.55. The topological polar surface area (TPSA) is 75.3 Å². The number of aliphatic hydroxyl groups is 1. The van der Waals surface area contributed by atoms with Crippen LogP contribution >= 0.6 is 0 Å². The lowest BCUT2D eigenvalue weighted by atomic mass is 9.77. The summed E-state index contributed by atoms with van der Waals surface area (Å²) in [7, 11) is 0. The second-order valence-corrected chi connectivity index (χ2v) is 6.41. The number of rotatable bonds is 5. The van der Waals surface area contributed by atoms with Crippen molar-refractivity contribution < 1.29 is 9.90 Å². The fraction of sp³-hybridized carbons (Fsp3) is 0.588. The first-order valence-electron chi connectivity index (χ1n) is 7.79.